The summed E-state index contributed by atoms with van der Waals surface area (Å²) in [6.07, 6.45) is 0.970. The minimum atomic E-state index is 0.807. The van der Waals surface area contributed by atoms with Crippen molar-refractivity contribution in [3.63, 3.8) is 0 Å². The zero-order valence-corrected chi connectivity index (χ0v) is 16.3. The third-order valence-corrected chi connectivity index (χ3v) is 4.89. The number of hydrogen-bond donors (Lipinski definition) is 3. The van der Waals surface area contributed by atoms with Crippen LogP contribution in [-0.4, -0.2) is 6.54 Å². The van der Waals surface area contributed by atoms with Crippen LogP contribution in [0.25, 0.3) is 11.1 Å². The fourth-order valence-corrected chi connectivity index (χ4v) is 3.25. The number of nitrogens with one attached hydrogen (secondary N) is 2. The molecule has 4 aromatic rings. The second-order valence-corrected chi connectivity index (χ2v) is 7.06. The monoisotopic (exact) mass is 379 g/mol. The van der Waals surface area contributed by atoms with E-state index >= 15 is 0 Å². The lowest BCUT2D eigenvalue weighted by Crippen LogP contribution is -2.04. The molecule has 144 valence electrons. The molecule has 0 fully saturated rings. The highest BCUT2D eigenvalue weighted by atomic mass is 14.9. The van der Waals surface area contributed by atoms with Crippen LogP contribution >= 0.6 is 0 Å². The van der Waals surface area contributed by atoms with Crippen LogP contribution < -0.4 is 16.4 Å². The average Bonchev–Trinajstić information content (AvgIpc) is 2.77. The van der Waals surface area contributed by atoms with Crippen molar-refractivity contribution in [2.24, 2.45) is 0 Å². The Morgan fingerprint density at radius 3 is 1.72 bits per heavy atom. The minimum absolute atomic E-state index is 0.807. The molecular weight excluding hydrogens is 354 g/mol. The second kappa shape index (κ2) is 8.98. The van der Waals surface area contributed by atoms with E-state index in [1.807, 2.05) is 30.3 Å². The van der Waals surface area contributed by atoms with Gasteiger partial charge in [0.05, 0.1) is 0 Å². The van der Waals surface area contributed by atoms with Crippen molar-refractivity contribution in [1.29, 1.82) is 0 Å². The Bertz CT molecular complexity index is 1020. The number of rotatable bonds is 7. The summed E-state index contributed by atoms with van der Waals surface area (Å²) >= 11 is 0. The lowest BCUT2D eigenvalue weighted by molar-refractivity contribution is 1.02. The van der Waals surface area contributed by atoms with Gasteiger partial charge < -0.3 is 16.4 Å². The molecule has 0 heterocycles. The first-order valence-corrected chi connectivity index (χ1v) is 9.87. The van der Waals surface area contributed by atoms with Crippen LogP contribution in [0.1, 0.15) is 5.56 Å². The minimum Gasteiger partial charge on any atom is -0.399 e. The summed E-state index contributed by atoms with van der Waals surface area (Å²) in [6.45, 7) is 0.892. The Labute approximate surface area is 172 Å². The van der Waals surface area contributed by atoms with E-state index in [1.165, 1.54) is 16.7 Å². The molecule has 4 rings (SSSR count). The molecule has 0 atom stereocenters. The molecule has 0 radical (unpaired) electrons. The van der Waals surface area contributed by atoms with E-state index in [4.69, 9.17) is 5.73 Å². The predicted molar refractivity (Wildman–Crippen MR) is 125 cm³/mol. The summed E-state index contributed by atoms with van der Waals surface area (Å²) in [7, 11) is 0. The van der Waals surface area contributed by atoms with Gasteiger partial charge in [0, 0.05) is 29.3 Å². The molecule has 0 aliphatic carbocycles. The highest BCUT2D eigenvalue weighted by Gasteiger charge is 2.00. The van der Waals surface area contributed by atoms with Gasteiger partial charge in [-0.15, -0.1) is 0 Å². The van der Waals surface area contributed by atoms with Gasteiger partial charge in [-0.05, 0) is 71.6 Å². The molecule has 0 amide bonds. The number of benzene rings is 4. The zero-order valence-electron chi connectivity index (χ0n) is 16.3. The predicted octanol–water partition coefficient (Wildman–Crippen LogP) is 6.33. The van der Waals surface area contributed by atoms with Gasteiger partial charge in [-0.2, -0.15) is 0 Å². The molecule has 0 aromatic heterocycles. The Morgan fingerprint density at radius 1 is 0.552 bits per heavy atom. The Morgan fingerprint density at radius 2 is 1.10 bits per heavy atom. The standard InChI is InChI=1S/C26H25N3/c27-23-12-6-20(7-13-23)18-19-28-24-14-8-21(9-15-24)22-10-16-26(17-11-22)29-25-4-2-1-3-5-25/h1-17,28-29H,18-19,27H2. The van der Waals surface area contributed by atoms with Crippen LogP contribution in [0.3, 0.4) is 0 Å². The van der Waals surface area contributed by atoms with Crippen LogP contribution in [0.5, 0.6) is 0 Å². The number of para-hydroxylation sites is 1. The van der Waals surface area contributed by atoms with Crippen molar-refractivity contribution in [3.05, 3.63) is 109 Å². The van der Waals surface area contributed by atoms with Gasteiger partial charge >= 0.3 is 0 Å². The molecule has 0 saturated carbocycles. The molecule has 0 unspecified atom stereocenters. The SMILES string of the molecule is Nc1ccc(CCNc2ccc(-c3ccc(Nc4ccccc4)cc3)cc2)cc1. The van der Waals surface area contributed by atoms with Crippen LogP contribution in [0.2, 0.25) is 0 Å². The van der Waals surface area contributed by atoms with Crippen molar-refractivity contribution in [1.82, 2.24) is 0 Å². The molecule has 3 heteroatoms. The average molecular weight is 380 g/mol. The Balaban J connectivity index is 1.33. The van der Waals surface area contributed by atoms with E-state index in [-0.39, 0.29) is 0 Å². The lowest BCUT2D eigenvalue weighted by Gasteiger charge is -2.10. The molecule has 3 nitrogen and oxygen atoms in total. The summed E-state index contributed by atoms with van der Waals surface area (Å²) in [5.74, 6) is 0. The number of hydrogen-bond acceptors (Lipinski definition) is 3. The van der Waals surface area contributed by atoms with Gasteiger partial charge in [0.1, 0.15) is 0 Å². The molecule has 29 heavy (non-hydrogen) atoms. The summed E-state index contributed by atoms with van der Waals surface area (Å²) in [4.78, 5) is 0. The number of nitrogen functional groups attached to an aromatic ring is 1. The number of anilines is 4. The van der Waals surface area contributed by atoms with Crippen molar-refractivity contribution < 1.29 is 0 Å². The van der Waals surface area contributed by atoms with E-state index in [1.54, 1.807) is 0 Å². The normalized spacial score (nSPS) is 10.5. The van der Waals surface area contributed by atoms with Gasteiger partial charge in [0.15, 0.2) is 0 Å². The van der Waals surface area contributed by atoms with E-state index in [0.29, 0.717) is 0 Å². The Hall–Kier alpha value is -3.72. The quantitative estimate of drug-likeness (QED) is 0.329. The van der Waals surface area contributed by atoms with Crippen LogP contribution in [0, 0.1) is 0 Å². The van der Waals surface area contributed by atoms with Crippen molar-refractivity contribution in [3.8, 4) is 11.1 Å². The first kappa shape index (κ1) is 18.6. The fourth-order valence-electron chi connectivity index (χ4n) is 3.25. The maximum atomic E-state index is 5.73. The molecule has 0 saturated heterocycles. The molecule has 4 N–H and O–H groups in total. The van der Waals surface area contributed by atoms with Gasteiger partial charge in [-0.3, -0.25) is 0 Å². The van der Waals surface area contributed by atoms with Crippen molar-refractivity contribution >= 4 is 22.7 Å². The molecule has 0 spiro atoms. The summed E-state index contributed by atoms with van der Waals surface area (Å²) in [5.41, 5.74) is 13.5. The van der Waals surface area contributed by atoms with Crippen LogP contribution in [0.4, 0.5) is 22.7 Å². The van der Waals surface area contributed by atoms with Crippen LogP contribution in [0.15, 0.2) is 103 Å². The maximum Gasteiger partial charge on any atom is 0.0384 e. The topological polar surface area (TPSA) is 50.1 Å². The summed E-state index contributed by atoms with van der Waals surface area (Å²) in [5, 5.41) is 6.90. The summed E-state index contributed by atoms with van der Waals surface area (Å²) < 4.78 is 0. The molecule has 4 aromatic carbocycles. The van der Waals surface area contributed by atoms with Gasteiger partial charge in [0.25, 0.3) is 0 Å². The van der Waals surface area contributed by atoms with Gasteiger partial charge in [-0.25, -0.2) is 0 Å². The first-order chi connectivity index (χ1) is 14.3. The molecule has 0 aliphatic heterocycles. The maximum absolute atomic E-state index is 5.73. The third-order valence-electron chi connectivity index (χ3n) is 4.89. The molecule has 0 bridgehead atoms. The van der Waals surface area contributed by atoms with E-state index in [9.17, 15) is 0 Å². The second-order valence-electron chi connectivity index (χ2n) is 7.06. The van der Waals surface area contributed by atoms with Crippen molar-refractivity contribution in [2.75, 3.05) is 22.9 Å². The van der Waals surface area contributed by atoms with E-state index in [0.717, 1.165) is 35.7 Å². The van der Waals surface area contributed by atoms with E-state index in [2.05, 4.69) is 83.4 Å². The third kappa shape index (κ3) is 5.17. The fraction of sp³-hybridized carbons (Fsp3) is 0.0769. The highest BCUT2D eigenvalue weighted by molar-refractivity contribution is 5.69. The molecular formula is C26H25N3. The largest absolute Gasteiger partial charge is 0.399 e. The molecule has 0 aliphatic rings. The van der Waals surface area contributed by atoms with Gasteiger partial charge in [0.2, 0.25) is 0 Å². The van der Waals surface area contributed by atoms with Crippen LogP contribution in [-0.2, 0) is 6.42 Å². The highest BCUT2D eigenvalue weighted by Crippen LogP contribution is 2.24. The van der Waals surface area contributed by atoms with Crippen molar-refractivity contribution in [2.45, 2.75) is 6.42 Å². The first-order valence-electron chi connectivity index (χ1n) is 9.87. The summed E-state index contributed by atoms with van der Waals surface area (Å²) in [6, 6.07) is 35.4. The number of nitrogens with two attached hydrogens (primary N) is 1. The Kier molecular flexibility index (Phi) is 5.77. The van der Waals surface area contributed by atoms with E-state index < -0.39 is 0 Å². The van der Waals surface area contributed by atoms with Gasteiger partial charge in [-0.1, -0.05) is 54.6 Å². The zero-order chi connectivity index (χ0) is 19.9. The smallest absolute Gasteiger partial charge is 0.0384 e. The lowest BCUT2D eigenvalue weighted by atomic mass is 10.0.